The van der Waals surface area contributed by atoms with Crippen molar-refractivity contribution in [2.45, 2.75) is 4.90 Å². The molecule has 0 atom stereocenters. The number of fused-ring (bicyclic) bond motifs is 1. The summed E-state index contributed by atoms with van der Waals surface area (Å²) >= 11 is 0. The molecule has 0 aromatic heterocycles. The average molecular weight is 469 g/mol. The molecule has 0 fully saturated rings. The van der Waals surface area contributed by atoms with Crippen LogP contribution in [-0.2, 0) is 9.84 Å². The van der Waals surface area contributed by atoms with Crippen molar-refractivity contribution in [3.63, 3.8) is 0 Å². The molecular weight excluding hydrogens is 453 g/mol. The second-order valence-electron chi connectivity index (χ2n) is 7.16. The number of sulfone groups is 1. The predicted octanol–water partition coefficient (Wildman–Crippen LogP) is 4.59. The van der Waals surface area contributed by atoms with Crippen LogP contribution in [0, 0.1) is 15.9 Å². The molecular formula is C23H16FNO7S. The second kappa shape index (κ2) is 8.47. The molecule has 10 heteroatoms. The smallest absolute Gasteiger partial charge is 0.312 e. The number of ether oxygens (including phenoxy) is 2. The maximum absolute atomic E-state index is 13.6. The van der Waals surface area contributed by atoms with Crippen LogP contribution >= 0.6 is 0 Å². The molecule has 1 aliphatic rings. The number of carbonyl (C=O) groups is 1. The molecule has 0 bridgehead atoms. The molecule has 0 amide bonds. The van der Waals surface area contributed by atoms with E-state index in [2.05, 4.69) is 0 Å². The third-order valence-corrected chi connectivity index (χ3v) is 6.68. The summed E-state index contributed by atoms with van der Waals surface area (Å²) in [5.41, 5.74) is -0.535. The zero-order valence-corrected chi connectivity index (χ0v) is 18.0. The number of nitrogens with zero attached hydrogens (tertiary/aromatic N) is 1. The first kappa shape index (κ1) is 22.2. The van der Waals surface area contributed by atoms with Crippen LogP contribution in [0.2, 0.25) is 0 Å². The topological polar surface area (TPSA) is 113 Å². The van der Waals surface area contributed by atoms with E-state index in [9.17, 15) is 27.7 Å². The minimum atomic E-state index is -3.87. The minimum Gasteiger partial charge on any atom is -0.497 e. The number of carbonyl (C=O) groups excluding carboxylic acids is 1. The number of hydrogen-bond acceptors (Lipinski definition) is 7. The highest BCUT2D eigenvalue weighted by Gasteiger charge is 2.33. The summed E-state index contributed by atoms with van der Waals surface area (Å²) in [7, 11) is -2.36. The van der Waals surface area contributed by atoms with Crippen molar-refractivity contribution in [2.75, 3.05) is 12.9 Å². The molecule has 0 saturated carbocycles. The highest BCUT2D eigenvalue weighted by Crippen LogP contribution is 2.35. The number of nitro groups is 1. The Morgan fingerprint density at radius 1 is 1.03 bits per heavy atom. The van der Waals surface area contributed by atoms with E-state index in [1.807, 2.05) is 0 Å². The van der Waals surface area contributed by atoms with Gasteiger partial charge in [-0.2, -0.15) is 0 Å². The third-order valence-electron chi connectivity index (χ3n) is 4.97. The normalized spacial score (nSPS) is 15.7. The third kappa shape index (κ3) is 4.46. The minimum absolute atomic E-state index is 0.0395. The molecule has 3 aromatic carbocycles. The zero-order chi connectivity index (χ0) is 23.8. The number of ketones is 1. The average Bonchev–Trinajstić information content (AvgIpc) is 2.78. The predicted molar refractivity (Wildman–Crippen MR) is 117 cm³/mol. The Morgan fingerprint density at radius 3 is 2.39 bits per heavy atom. The number of nitro benzene ring substituents is 1. The Bertz CT molecular complexity index is 1410. The van der Waals surface area contributed by atoms with Gasteiger partial charge in [0.25, 0.3) is 0 Å². The molecule has 0 radical (unpaired) electrons. The van der Waals surface area contributed by atoms with Crippen molar-refractivity contribution in [3.8, 4) is 17.2 Å². The van der Waals surface area contributed by atoms with E-state index in [4.69, 9.17) is 9.47 Å². The molecule has 0 aliphatic carbocycles. The van der Waals surface area contributed by atoms with Gasteiger partial charge in [-0.1, -0.05) is 6.07 Å². The SMILES string of the molecule is COc1ccc(Oc2ccc(C=C3CS(=O)(=O)c4ccc(F)cc4C3=O)cc2[N+](=O)[O-])cc1. The Kier molecular flexibility index (Phi) is 5.69. The van der Waals surface area contributed by atoms with Crippen molar-refractivity contribution >= 4 is 27.4 Å². The molecule has 0 saturated heterocycles. The van der Waals surface area contributed by atoms with Gasteiger partial charge in [0.05, 0.1) is 22.7 Å². The van der Waals surface area contributed by atoms with Crippen LogP contribution < -0.4 is 9.47 Å². The molecule has 1 heterocycles. The Labute approximate surface area is 188 Å². The lowest BCUT2D eigenvalue weighted by atomic mass is 10.0. The fraction of sp³-hybridized carbons (Fsp3) is 0.0870. The molecule has 3 aromatic rings. The molecule has 1 aliphatic heterocycles. The van der Waals surface area contributed by atoms with Gasteiger partial charge < -0.3 is 9.47 Å². The van der Waals surface area contributed by atoms with E-state index < -0.39 is 32.1 Å². The highest BCUT2D eigenvalue weighted by atomic mass is 32.2. The van der Waals surface area contributed by atoms with Gasteiger partial charge in [-0.25, -0.2) is 12.8 Å². The second-order valence-corrected chi connectivity index (χ2v) is 9.12. The van der Waals surface area contributed by atoms with E-state index in [1.54, 1.807) is 24.3 Å². The molecule has 8 nitrogen and oxygen atoms in total. The molecule has 0 unspecified atom stereocenters. The van der Waals surface area contributed by atoms with Gasteiger partial charge in [0.1, 0.15) is 17.3 Å². The Morgan fingerprint density at radius 2 is 1.73 bits per heavy atom. The van der Waals surface area contributed by atoms with Gasteiger partial charge in [0.2, 0.25) is 5.75 Å². The van der Waals surface area contributed by atoms with Crippen LogP contribution in [0.3, 0.4) is 0 Å². The lowest BCUT2D eigenvalue weighted by molar-refractivity contribution is -0.385. The first-order valence-corrected chi connectivity index (χ1v) is 11.2. The van der Waals surface area contributed by atoms with Gasteiger partial charge in [0, 0.05) is 17.2 Å². The van der Waals surface area contributed by atoms with E-state index in [0.29, 0.717) is 11.5 Å². The maximum atomic E-state index is 13.6. The number of methoxy groups -OCH3 is 1. The van der Waals surface area contributed by atoms with Crippen molar-refractivity contribution in [3.05, 3.63) is 93.3 Å². The van der Waals surface area contributed by atoms with Crippen molar-refractivity contribution in [1.29, 1.82) is 0 Å². The lowest BCUT2D eigenvalue weighted by Gasteiger charge is -2.18. The van der Waals surface area contributed by atoms with Crippen LogP contribution in [0.1, 0.15) is 15.9 Å². The van der Waals surface area contributed by atoms with Crippen LogP contribution in [-0.4, -0.2) is 32.0 Å². The van der Waals surface area contributed by atoms with E-state index >= 15 is 0 Å². The number of rotatable bonds is 5. The van der Waals surface area contributed by atoms with Gasteiger partial charge in [-0.3, -0.25) is 14.9 Å². The quantitative estimate of drug-likeness (QED) is 0.232. The zero-order valence-electron chi connectivity index (χ0n) is 17.1. The van der Waals surface area contributed by atoms with Crippen molar-refractivity contribution in [2.24, 2.45) is 0 Å². The summed E-state index contributed by atoms with van der Waals surface area (Å²) < 4.78 is 49.4. The van der Waals surface area contributed by atoms with Crippen LogP contribution in [0.4, 0.5) is 10.1 Å². The summed E-state index contributed by atoms with van der Waals surface area (Å²) in [5.74, 6) is -1.09. The van der Waals surface area contributed by atoms with Crippen molar-refractivity contribution in [1.82, 2.24) is 0 Å². The molecule has 33 heavy (non-hydrogen) atoms. The summed E-state index contributed by atoms with van der Waals surface area (Å²) in [6.07, 6.45) is 1.25. The van der Waals surface area contributed by atoms with E-state index in [1.165, 1.54) is 31.4 Å². The summed E-state index contributed by atoms with van der Waals surface area (Å²) in [4.78, 5) is 23.5. The fourth-order valence-electron chi connectivity index (χ4n) is 3.40. The highest BCUT2D eigenvalue weighted by molar-refractivity contribution is 7.91. The van der Waals surface area contributed by atoms with Gasteiger partial charge in [-0.15, -0.1) is 0 Å². The standard InChI is InChI=1S/C23H16FNO7S/c1-31-17-4-6-18(7-5-17)32-21-8-2-14(11-20(21)25(27)28)10-15-13-33(29,30)22-9-3-16(24)12-19(22)23(15)26/h2-12H,13H2,1H3. The first-order chi connectivity index (χ1) is 15.7. The van der Waals surface area contributed by atoms with E-state index in [0.717, 1.165) is 18.2 Å². The van der Waals surface area contributed by atoms with Gasteiger partial charge >= 0.3 is 5.69 Å². The molecule has 0 spiro atoms. The van der Waals surface area contributed by atoms with Crippen LogP contribution in [0.5, 0.6) is 17.2 Å². The number of halogens is 1. The van der Waals surface area contributed by atoms with Crippen molar-refractivity contribution < 1.29 is 32.0 Å². The monoisotopic (exact) mass is 469 g/mol. The maximum Gasteiger partial charge on any atom is 0.312 e. The molecule has 0 N–H and O–H groups in total. The number of hydrogen-bond donors (Lipinski definition) is 0. The Hall–Kier alpha value is -4.05. The number of benzene rings is 3. The summed E-state index contributed by atoms with van der Waals surface area (Å²) in [5, 5.41) is 11.6. The lowest BCUT2D eigenvalue weighted by Crippen LogP contribution is -2.24. The van der Waals surface area contributed by atoms with Gasteiger partial charge in [-0.05, 0) is 60.2 Å². The summed E-state index contributed by atoms with van der Waals surface area (Å²) in [6.45, 7) is 0. The fourth-order valence-corrected chi connectivity index (χ4v) is 4.95. The first-order valence-electron chi connectivity index (χ1n) is 9.56. The molecule has 4 rings (SSSR count). The van der Waals surface area contributed by atoms with Crippen LogP contribution in [0.25, 0.3) is 6.08 Å². The van der Waals surface area contributed by atoms with Crippen LogP contribution in [0.15, 0.2) is 71.1 Å². The Balaban J connectivity index is 1.70. The largest absolute Gasteiger partial charge is 0.497 e. The summed E-state index contributed by atoms with van der Waals surface area (Å²) in [6, 6.07) is 13.3. The molecule has 168 valence electrons. The van der Waals surface area contributed by atoms with E-state index in [-0.39, 0.29) is 33.0 Å². The number of Topliss-reactive ketones (excluding diaryl/α,β-unsaturated/α-hetero) is 1. The van der Waals surface area contributed by atoms with Gasteiger partial charge in [0.15, 0.2) is 15.6 Å².